The van der Waals surface area contributed by atoms with Crippen LogP contribution in [0.2, 0.25) is 0 Å². The standard InChI is InChI=1S/C11H18N4O2.ClH/c1-8-4-11(17-14-8)13-10(16)7-15-3-2-9(5-12)6-15;/h4,9H,2-3,5-7,12H2,1H3,(H,13,16);1H. The number of halogens is 1. The highest BCUT2D eigenvalue weighted by molar-refractivity contribution is 5.90. The van der Waals surface area contributed by atoms with Crippen LogP contribution in [0.25, 0.3) is 0 Å². The monoisotopic (exact) mass is 274 g/mol. The zero-order valence-corrected chi connectivity index (χ0v) is 11.2. The first-order valence-electron chi connectivity index (χ1n) is 5.83. The van der Waals surface area contributed by atoms with E-state index < -0.39 is 0 Å². The molecule has 1 amide bonds. The lowest BCUT2D eigenvalue weighted by Gasteiger charge is -2.14. The van der Waals surface area contributed by atoms with Gasteiger partial charge in [0.1, 0.15) is 0 Å². The minimum Gasteiger partial charge on any atom is -0.338 e. The van der Waals surface area contributed by atoms with Gasteiger partial charge in [-0.3, -0.25) is 15.0 Å². The first-order valence-corrected chi connectivity index (χ1v) is 5.83. The molecular weight excluding hydrogens is 256 g/mol. The second-order valence-corrected chi connectivity index (χ2v) is 4.51. The molecule has 0 aromatic carbocycles. The average Bonchev–Trinajstić information content (AvgIpc) is 2.88. The van der Waals surface area contributed by atoms with Gasteiger partial charge in [0, 0.05) is 12.6 Å². The molecule has 1 aliphatic rings. The Morgan fingerprint density at radius 2 is 2.50 bits per heavy atom. The number of likely N-dealkylation sites (tertiary alicyclic amines) is 1. The molecule has 1 fully saturated rings. The molecule has 102 valence electrons. The van der Waals surface area contributed by atoms with Gasteiger partial charge in [-0.25, -0.2) is 0 Å². The Morgan fingerprint density at radius 3 is 3.06 bits per heavy atom. The normalized spacial score (nSPS) is 19.6. The van der Waals surface area contributed by atoms with Crippen LogP contribution >= 0.6 is 12.4 Å². The van der Waals surface area contributed by atoms with E-state index in [1.54, 1.807) is 6.07 Å². The second-order valence-electron chi connectivity index (χ2n) is 4.51. The highest BCUT2D eigenvalue weighted by atomic mass is 35.5. The third-order valence-corrected chi connectivity index (χ3v) is 2.96. The summed E-state index contributed by atoms with van der Waals surface area (Å²) in [6, 6.07) is 1.70. The van der Waals surface area contributed by atoms with Gasteiger partial charge in [0.15, 0.2) is 0 Å². The minimum atomic E-state index is -0.0705. The molecule has 3 N–H and O–H groups in total. The van der Waals surface area contributed by atoms with Crippen LogP contribution in [0, 0.1) is 12.8 Å². The van der Waals surface area contributed by atoms with Crippen LogP contribution in [-0.2, 0) is 4.79 Å². The summed E-state index contributed by atoms with van der Waals surface area (Å²) < 4.78 is 4.92. The lowest BCUT2D eigenvalue weighted by Crippen LogP contribution is -2.32. The molecule has 0 spiro atoms. The minimum absolute atomic E-state index is 0. The van der Waals surface area contributed by atoms with Crippen LogP contribution in [0.1, 0.15) is 12.1 Å². The van der Waals surface area contributed by atoms with Crippen molar-refractivity contribution in [2.24, 2.45) is 11.7 Å². The Labute approximate surface area is 112 Å². The van der Waals surface area contributed by atoms with Gasteiger partial charge in [-0.1, -0.05) is 5.16 Å². The molecule has 1 saturated heterocycles. The van der Waals surface area contributed by atoms with Gasteiger partial charge < -0.3 is 10.3 Å². The quantitative estimate of drug-likeness (QED) is 0.841. The molecule has 6 nitrogen and oxygen atoms in total. The van der Waals surface area contributed by atoms with Crippen molar-refractivity contribution in [3.05, 3.63) is 11.8 Å². The predicted molar refractivity (Wildman–Crippen MR) is 70.7 cm³/mol. The first kappa shape index (κ1) is 14.9. The number of nitrogens with one attached hydrogen (secondary N) is 1. The summed E-state index contributed by atoms with van der Waals surface area (Å²) in [4.78, 5) is 13.8. The van der Waals surface area contributed by atoms with E-state index in [2.05, 4.69) is 15.4 Å². The number of hydrogen-bond donors (Lipinski definition) is 2. The molecule has 1 atom stereocenters. The first-order chi connectivity index (χ1) is 8.17. The van der Waals surface area contributed by atoms with Crippen LogP contribution in [0.15, 0.2) is 10.6 Å². The fraction of sp³-hybridized carbons (Fsp3) is 0.636. The zero-order valence-electron chi connectivity index (χ0n) is 10.4. The van der Waals surface area contributed by atoms with E-state index >= 15 is 0 Å². The number of anilines is 1. The molecule has 7 heteroatoms. The summed E-state index contributed by atoms with van der Waals surface area (Å²) in [5.74, 6) is 0.858. The lowest BCUT2D eigenvalue weighted by atomic mass is 10.1. The average molecular weight is 275 g/mol. The van der Waals surface area contributed by atoms with E-state index in [-0.39, 0.29) is 18.3 Å². The van der Waals surface area contributed by atoms with Gasteiger partial charge in [-0.05, 0) is 32.4 Å². The Kier molecular flexibility index (Phi) is 5.58. The Morgan fingerprint density at radius 1 is 1.72 bits per heavy atom. The fourth-order valence-electron chi connectivity index (χ4n) is 2.05. The van der Waals surface area contributed by atoms with Crippen LogP contribution in [-0.4, -0.2) is 42.1 Å². The smallest absolute Gasteiger partial charge is 0.240 e. The molecule has 2 rings (SSSR count). The van der Waals surface area contributed by atoms with E-state index in [1.807, 2.05) is 6.92 Å². The van der Waals surface area contributed by atoms with E-state index in [1.165, 1.54) is 0 Å². The summed E-state index contributed by atoms with van der Waals surface area (Å²) in [6.07, 6.45) is 1.07. The summed E-state index contributed by atoms with van der Waals surface area (Å²) in [6.45, 7) is 4.73. The molecule has 0 radical (unpaired) electrons. The predicted octanol–water partition coefficient (Wildman–Crippen LogP) is 0.624. The van der Waals surface area contributed by atoms with Crippen LogP contribution < -0.4 is 11.1 Å². The van der Waals surface area contributed by atoms with Gasteiger partial charge >= 0.3 is 0 Å². The molecular formula is C11H19ClN4O2. The van der Waals surface area contributed by atoms with Crippen LogP contribution in [0.4, 0.5) is 5.88 Å². The van der Waals surface area contributed by atoms with Crippen LogP contribution in [0.3, 0.4) is 0 Å². The number of carbonyl (C=O) groups is 1. The van der Waals surface area contributed by atoms with Crippen molar-refractivity contribution in [3.8, 4) is 0 Å². The molecule has 0 aliphatic carbocycles. The number of hydrogen-bond acceptors (Lipinski definition) is 5. The number of nitrogens with two attached hydrogens (primary N) is 1. The topological polar surface area (TPSA) is 84.4 Å². The van der Waals surface area contributed by atoms with Gasteiger partial charge in [0.05, 0.1) is 12.2 Å². The molecule has 1 aromatic heterocycles. The maximum atomic E-state index is 11.7. The summed E-state index contributed by atoms with van der Waals surface area (Å²) >= 11 is 0. The number of nitrogens with zero attached hydrogens (tertiary/aromatic N) is 2. The van der Waals surface area contributed by atoms with E-state index in [0.717, 1.165) is 25.2 Å². The summed E-state index contributed by atoms with van der Waals surface area (Å²) in [5, 5.41) is 6.39. The molecule has 1 aromatic rings. The molecule has 0 saturated carbocycles. The lowest BCUT2D eigenvalue weighted by molar-refractivity contribution is -0.117. The van der Waals surface area contributed by atoms with Crippen molar-refractivity contribution in [1.29, 1.82) is 0 Å². The van der Waals surface area contributed by atoms with Crippen molar-refractivity contribution in [1.82, 2.24) is 10.1 Å². The third kappa shape index (κ3) is 3.97. The number of amides is 1. The number of rotatable bonds is 4. The largest absolute Gasteiger partial charge is 0.338 e. The summed E-state index contributed by atoms with van der Waals surface area (Å²) in [5.41, 5.74) is 6.36. The van der Waals surface area contributed by atoms with Gasteiger partial charge in [-0.15, -0.1) is 12.4 Å². The highest BCUT2D eigenvalue weighted by Crippen LogP contribution is 2.14. The Hall–Kier alpha value is -1.11. The van der Waals surface area contributed by atoms with Gasteiger partial charge in [0.25, 0.3) is 0 Å². The third-order valence-electron chi connectivity index (χ3n) is 2.96. The van der Waals surface area contributed by atoms with E-state index in [0.29, 0.717) is 24.9 Å². The fourth-order valence-corrected chi connectivity index (χ4v) is 2.05. The van der Waals surface area contributed by atoms with Crippen molar-refractivity contribution in [2.45, 2.75) is 13.3 Å². The van der Waals surface area contributed by atoms with Crippen molar-refractivity contribution in [3.63, 3.8) is 0 Å². The highest BCUT2D eigenvalue weighted by Gasteiger charge is 2.23. The maximum Gasteiger partial charge on any atom is 0.240 e. The van der Waals surface area contributed by atoms with Crippen molar-refractivity contribution in [2.75, 3.05) is 31.5 Å². The molecule has 1 unspecified atom stereocenters. The molecule has 2 heterocycles. The Bertz CT molecular complexity index is 396. The number of carbonyl (C=O) groups excluding carboxylic acids is 1. The maximum absolute atomic E-state index is 11.7. The Balaban J connectivity index is 0.00000162. The van der Waals surface area contributed by atoms with Crippen molar-refractivity contribution >= 4 is 24.2 Å². The second kappa shape index (κ2) is 6.72. The van der Waals surface area contributed by atoms with Crippen LogP contribution in [0.5, 0.6) is 0 Å². The van der Waals surface area contributed by atoms with Gasteiger partial charge in [-0.2, -0.15) is 0 Å². The number of aryl methyl sites for hydroxylation is 1. The zero-order chi connectivity index (χ0) is 12.3. The SMILES string of the molecule is Cc1cc(NC(=O)CN2CCC(CN)C2)on1.Cl. The molecule has 18 heavy (non-hydrogen) atoms. The molecule has 1 aliphatic heterocycles. The molecule has 0 bridgehead atoms. The summed E-state index contributed by atoms with van der Waals surface area (Å²) in [7, 11) is 0. The number of aromatic nitrogens is 1. The van der Waals surface area contributed by atoms with E-state index in [9.17, 15) is 4.79 Å². The van der Waals surface area contributed by atoms with Gasteiger partial charge in [0.2, 0.25) is 11.8 Å². The van der Waals surface area contributed by atoms with E-state index in [4.69, 9.17) is 10.3 Å². The van der Waals surface area contributed by atoms with Crippen molar-refractivity contribution < 1.29 is 9.32 Å².